The lowest BCUT2D eigenvalue weighted by molar-refractivity contribution is -0.195. The standard InChI is InChI=1S/C18H25NO5/c1-5-23-14-11-18(16(21)22,17(14,3)4)19-15(20)12(2)24-13-9-7-6-8-10-13/h6-10,12,14H,5,11H2,1-4H3,(H,19,20)(H,21,22). The zero-order valence-electron chi connectivity index (χ0n) is 14.5. The van der Waals surface area contributed by atoms with Crippen LogP contribution in [0.2, 0.25) is 0 Å². The van der Waals surface area contributed by atoms with E-state index in [0.717, 1.165) is 0 Å². The molecule has 6 nitrogen and oxygen atoms in total. The molecule has 0 aromatic heterocycles. The molecular formula is C18H25NO5. The van der Waals surface area contributed by atoms with Crippen LogP contribution < -0.4 is 10.1 Å². The van der Waals surface area contributed by atoms with Crippen molar-refractivity contribution in [3.63, 3.8) is 0 Å². The van der Waals surface area contributed by atoms with Crippen molar-refractivity contribution in [2.24, 2.45) is 5.41 Å². The van der Waals surface area contributed by atoms with Gasteiger partial charge in [0, 0.05) is 18.4 Å². The molecule has 0 saturated heterocycles. The molecule has 6 heteroatoms. The van der Waals surface area contributed by atoms with Crippen molar-refractivity contribution < 1.29 is 24.2 Å². The predicted molar refractivity (Wildman–Crippen MR) is 88.9 cm³/mol. The van der Waals surface area contributed by atoms with Crippen molar-refractivity contribution in [2.45, 2.75) is 51.9 Å². The van der Waals surface area contributed by atoms with E-state index < -0.39 is 28.9 Å². The van der Waals surface area contributed by atoms with E-state index in [4.69, 9.17) is 9.47 Å². The maximum atomic E-state index is 12.5. The molecule has 0 heterocycles. The van der Waals surface area contributed by atoms with Crippen LogP contribution in [0.15, 0.2) is 30.3 Å². The van der Waals surface area contributed by atoms with Gasteiger partial charge in [0.05, 0.1) is 6.10 Å². The van der Waals surface area contributed by atoms with Gasteiger partial charge in [-0.15, -0.1) is 0 Å². The van der Waals surface area contributed by atoms with Gasteiger partial charge in [0.2, 0.25) is 0 Å². The summed E-state index contributed by atoms with van der Waals surface area (Å²) < 4.78 is 11.2. The molecule has 2 rings (SSSR count). The molecule has 132 valence electrons. The number of amides is 1. The molecular weight excluding hydrogens is 310 g/mol. The average molecular weight is 335 g/mol. The second kappa shape index (κ2) is 6.81. The predicted octanol–water partition coefficient (Wildman–Crippen LogP) is 2.23. The zero-order chi connectivity index (χ0) is 18.0. The Morgan fingerprint density at radius 3 is 2.46 bits per heavy atom. The fourth-order valence-electron chi connectivity index (χ4n) is 3.11. The smallest absolute Gasteiger partial charge is 0.330 e. The lowest BCUT2D eigenvalue weighted by atomic mass is 9.54. The molecule has 1 aromatic rings. The molecule has 3 atom stereocenters. The summed E-state index contributed by atoms with van der Waals surface area (Å²) in [6, 6.07) is 8.95. The molecule has 1 aliphatic rings. The topological polar surface area (TPSA) is 84.9 Å². The molecule has 0 spiro atoms. The van der Waals surface area contributed by atoms with Crippen LogP contribution in [0.25, 0.3) is 0 Å². The number of benzene rings is 1. The Balaban J connectivity index is 2.09. The minimum atomic E-state index is -1.35. The number of rotatable bonds is 7. The van der Waals surface area contributed by atoms with Gasteiger partial charge in [-0.05, 0) is 26.0 Å². The van der Waals surface area contributed by atoms with Gasteiger partial charge in [-0.3, -0.25) is 4.79 Å². The van der Waals surface area contributed by atoms with Crippen LogP contribution in [0.3, 0.4) is 0 Å². The van der Waals surface area contributed by atoms with E-state index in [0.29, 0.717) is 12.4 Å². The summed E-state index contributed by atoms with van der Waals surface area (Å²) in [6.45, 7) is 7.57. The van der Waals surface area contributed by atoms with Crippen LogP contribution in [-0.2, 0) is 14.3 Å². The first kappa shape index (κ1) is 18.3. The molecule has 1 amide bonds. The molecule has 1 aromatic carbocycles. The highest BCUT2D eigenvalue weighted by Gasteiger charge is 2.66. The van der Waals surface area contributed by atoms with Gasteiger partial charge in [0.25, 0.3) is 5.91 Å². The van der Waals surface area contributed by atoms with E-state index in [1.807, 2.05) is 13.0 Å². The summed E-state index contributed by atoms with van der Waals surface area (Å²) in [5, 5.41) is 12.4. The third kappa shape index (κ3) is 3.11. The highest BCUT2D eigenvalue weighted by atomic mass is 16.5. The lowest BCUT2D eigenvalue weighted by Gasteiger charge is -2.58. The Morgan fingerprint density at radius 2 is 1.96 bits per heavy atom. The van der Waals surface area contributed by atoms with Gasteiger partial charge in [-0.25, -0.2) is 4.79 Å². The summed E-state index contributed by atoms with van der Waals surface area (Å²) in [5.41, 5.74) is -2.06. The second-order valence-electron chi connectivity index (χ2n) is 6.64. The number of carboxylic acids is 1. The van der Waals surface area contributed by atoms with Crippen molar-refractivity contribution in [2.75, 3.05) is 6.61 Å². The quantitative estimate of drug-likeness (QED) is 0.798. The van der Waals surface area contributed by atoms with Crippen LogP contribution in [0.4, 0.5) is 0 Å². The number of hydrogen-bond acceptors (Lipinski definition) is 4. The average Bonchev–Trinajstić information content (AvgIpc) is 2.54. The Labute approximate surface area is 142 Å². The van der Waals surface area contributed by atoms with Crippen molar-refractivity contribution >= 4 is 11.9 Å². The van der Waals surface area contributed by atoms with Crippen LogP contribution in [0.5, 0.6) is 5.75 Å². The molecule has 3 unspecified atom stereocenters. The molecule has 0 aliphatic heterocycles. The van der Waals surface area contributed by atoms with Gasteiger partial charge in [0.15, 0.2) is 6.10 Å². The van der Waals surface area contributed by atoms with Crippen LogP contribution in [-0.4, -0.2) is 41.3 Å². The lowest BCUT2D eigenvalue weighted by Crippen LogP contribution is -2.76. The Bertz CT molecular complexity index is 601. The maximum Gasteiger partial charge on any atom is 0.330 e. The molecule has 1 saturated carbocycles. The van der Waals surface area contributed by atoms with E-state index in [1.54, 1.807) is 45.0 Å². The van der Waals surface area contributed by atoms with Crippen LogP contribution in [0, 0.1) is 5.41 Å². The summed E-state index contributed by atoms with van der Waals surface area (Å²) in [5.74, 6) is -0.947. The highest BCUT2D eigenvalue weighted by Crippen LogP contribution is 2.51. The summed E-state index contributed by atoms with van der Waals surface area (Å²) >= 11 is 0. The van der Waals surface area contributed by atoms with Gasteiger partial charge in [-0.2, -0.15) is 0 Å². The van der Waals surface area contributed by atoms with E-state index >= 15 is 0 Å². The van der Waals surface area contributed by atoms with Gasteiger partial charge >= 0.3 is 5.97 Å². The number of carbonyl (C=O) groups excluding carboxylic acids is 1. The first-order valence-electron chi connectivity index (χ1n) is 8.13. The minimum absolute atomic E-state index is 0.204. The molecule has 1 aliphatic carbocycles. The molecule has 0 bridgehead atoms. The molecule has 24 heavy (non-hydrogen) atoms. The van der Waals surface area contributed by atoms with Gasteiger partial charge < -0.3 is 19.9 Å². The van der Waals surface area contributed by atoms with E-state index in [1.165, 1.54) is 0 Å². The molecule has 2 N–H and O–H groups in total. The third-order valence-corrected chi connectivity index (χ3v) is 4.89. The van der Waals surface area contributed by atoms with E-state index in [9.17, 15) is 14.7 Å². The van der Waals surface area contributed by atoms with E-state index in [2.05, 4.69) is 5.32 Å². The zero-order valence-corrected chi connectivity index (χ0v) is 14.5. The first-order chi connectivity index (χ1) is 11.2. The number of carbonyl (C=O) groups is 2. The minimum Gasteiger partial charge on any atom is -0.481 e. The fourth-order valence-corrected chi connectivity index (χ4v) is 3.11. The Morgan fingerprint density at radius 1 is 1.33 bits per heavy atom. The number of nitrogens with one attached hydrogen (secondary N) is 1. The van der Waals surface area contributed by atoms with Crippen LogP contribution in [0.1, 0.15) is 34.1 Å². The first-order valence-corrected chi connectivity index (χ1v) is 8.13. The van der Waals surface area contributed by atoms with Crippen molar-refractivity contribution in [3.05, 3.63) is 30.3 Å². The normalized spacial score (nSPS) is 26.1. The van der Waals surface area contributed by atoms with Crippen molar-refractivity contribution in [3.8, 4) is 5.75 Å². The Kier molecular flexibility index (Phi) is 5.18. The Hall–Kier alpha value is -2.08. The van der Waals surface area contributed by atoms with Crippen molar-refractivity contribution in [1.29, 1.82) is 0 Å². The largest absolute Gasteiger partial charge is 0.481 e. The SMILES string of the molecule is CCOC1CC(NC(=O)C(C)Oc2ccccc2)(C(=O)O)C1(C)C. The van der Waals surface area contributed by atoms with E-state index in [-0.39, 0.29) is 12.5 Å². The summed E-state index contributed by atoms with van der Waals surface area (Å²) in [4.78, 5) is 24.3. The van der Waals surface area contributed by atoms with Crippen LogP contribution >= 0.6 is 0 Å². The fraction of sp³-hybridized carbons (Fsp3) is 0.556. The monoisotopic (exact) mass is 335 g/mol. The number of aliphatic carboxylic acids is 1. The molecule has 1 fully saturated rings. The maximum absolute atomic E-state index is 12.5. The molecule has 0 radical (unpaired) electrons. The van der Waals surface area contributed by atoms with Gasteiger partial charge in [0.1, 0.15) is 11.3 Å². The number of ether oxygens (including phenoxy) is 2. The summed E-state index contributed by atoms with van der Waals surface area (Å²) in [6.07, 6.45) is -0.762. The number of para-hydroxylation sites is 1. The third-order valence-electron chi connectivity index (χ3n) is 4.89. The van der Waals surface area contributed by atoms with Gasteiger partial charge in [-0.1, -0.05) is 32.0 Å². The number of hydrogen-bond donors (Lipinski definition) is 2. The van der Waals surface area contributed by atoms with Crippen molar-refractivity contribution in [1.82, 2.24) is 5.32 Å². The number of carboxylic acid groups (broad SMARTS) is 1. The second-order valence-corrected chi connectivity index (χ2v) is 6.64. The highest BCUT2D eigenvalue weighted by molar-refractivity contribution is 5.91. The summed E-state index contributed by atoms with van der Waals surface area (Å²) in [7, 11) is 0.